The minimum Gasteiger partial charge on any atom is -0.490 e. The van der Waals surface area contributed by atoms with Crippen LogP contribution in [0.15, 0.2) is 18.2 Å². The highest BCUT2D eigenvalue weighted by molar-refractivity contribution is 5.49. The number of aliphatic hydroxyl groups is 2. The van der Waals surface area contributed by atoms with E-state index in [9.17, 15) is 10.2 Å². The van der Waals surface area contributed by atoms with Crippen molar-refractivity contribution in [1.29, 1.82) is 0 Å². The number of aryl methyl sites for hydroxylation is 1. The van der Waals surface area contributed by atoms with Crippen LogP contribution in [0.3, 0.4) is 0 Å². The van der Waals surface area contributed by atoms with Crippen molar-refractivity contribution >= 4 is 5.69 Å². The summed E-state index contributed by atoms with van der Waals surface area (Å²) in [6.45, 7) is 4.97. The SMILES string of the molecule is Cc1cc(OCC(C)(O)C(C)O)ccc1N. The molecule has 1 rings (SSSR count). The topological polar surface area (TPSA) is 75.7 Å². The summed E-state index contributed by atoms with van der Waals surface area (Å²) in [5.74, 6) is 0.632. The second kappa shape index (κ2) is 4.72. The first-order chi connectivity index (χ1) is 7.33. The molecule has 0 fully saturated rings. The molecule has 1 aromatic rings. The van der Waals surface area contributed by atoms with Gasteiger partial charge in [-0.25, -0.2) is 0 Å². The number of nitrogens with two attached hydrogens (primary N) is 1. The molecule has 0 aliphatic rings. The van der Waals surface area contributed by atoms with Gasteiger partial charge in [-0.2, -0.15) is 0 Å². The Kier molecular flexibility index (Phi) is 3.78. The third-order valence-corrected chi connectivity index (χ3v) is 2.67. The summed E-state index contributed by atoms with van der Waals surface area (Å²) < 4.78 is 5.40. The minimum atomic E-state index is -1.25. The molecular weight excluding hydrogens is 206 g/mol. The molecule has 0 saturated carbocycles. The Morgan fingerprint density at radius 1 is 1.50 bits per heavy atom. The Labute approximate surface area is 95.7 Å². The van der Waals surface area contributed by atoms with Crippen LogP contribution in [0.25, 0.3) is 0 Å². The van der Waals surface area contributed by atoms with E-state index in [1.54, 1.807) is 18.2 Å². The van der Waals surface area contributed by atoms with Gasteiger partial charge in [-0.3, -0.25) is 0 Å². The number of benzene rings is 1. The summed E-state index contributed by atoms with van der Waals surface area (Å²) in [5, 5.41) is 19.1. The molecule has 0 saturated heterocycles. The highest BCUT2D eigenvalue weighted by Gasteiger charge is 2.27. The van der Waals surface area contributed by atoms with E-state index < -0.39 is 11.7 Å². The van der Waals surface area contributed by atoms with Crippen molar-refractivity contribution in [2.75, 3.05) is 12.3 Å². The second-order valence-electron chi connectivity index (χ2n) is 4.34. The maximum atomic E-state index is 9.78. The Bertz CT molecular complexity index is 361. The predicted molar refractivity (Wildman–Crippen MR) is 63.4 cm³/mol. The molecule has 2 atom stereocenters. The molecular formula is C12H19NO3. The molecule has 4 heteroatoms. The molecule has 1 aromatic carbocycles. The van der Waals surface area contributed by atoms with Crippen molar-refractivity contribution in [3.63, 3.8) is 0 Å². The summed E-state index contributed by atoms with van der Waals surface area (Å²) in [6.07, 6.45) is -0.845. The molecule has 4 nitrogen and oxygen atoms in total. The van der Waals surface area contributed by atoms with Crippen LogP contribution in [0.5, 0.6) is 5.75 Å². The van der Waals surface area contributed by atoms with Crippen LogP contribution in [0.4, 0.5) is 5.69 Å². The number of rotatable bonds is 4. The fraction of sp³-hybridized carbons (Fsp3) is 0.500. The Morgan fingerprint density at radius 2 is 2.12 bits per heavy atom. The van der Waals surface area contributed by atoms with Crippen LogP contribution >= 0.6 is 0 Å². The highest BCUT2D eigenvalue weighted by atomic mass is 16.5. The third kappa shape index (κ3) is 3.12. The van der Waals surface area contributed by atoms with E-state index in [4.69, 9.17) is 10.5 Å². The van der Waals surface area contributed by atoms with E-state index in [1.165, 1.54) is 13.8 Å². The molecule has 0 amide bonds. The zero-order valence-corrected chi connectivity index (χ0v) is 9.90. The quantitative estimate of drug-likeness (QED) is 0.670. The number of aliphatic hydroxyl groups excluding tert-OH is 1. The standard InChI is InChI=1S/C12H19NO3/c1-8-6-10(4-5-11(8)13)16-7-12(3,15)9(2)14/h4-6,9,14-15H,7,13H2,1-3H3. The van der Waals surface area contributed by atoms with Gasteiger partial charge in [0.1, 0.15) is 18.0 Å². The first-order valence-electron chi connectivity index (χ1n) is 5.22. The maximum Gasteiger partial charge on any atom is 0.121 e. The molecule has 90 valence electrons. The summed E-state index contributed by atoms with van der Waals surface area (Å²) in [5.41, 5.74) is 6.05. The Hall–Kier alpha value is -1.26. The zero-order valence-electron chi connectivity index (χ0n) is 9.90. The third-order valence-electron chi connectivity index (χ3n) is 2.67. The van der Waals surface area contributed by atoms with Crippen LogP contribution in [0.2, 0.25) is 0 Å². The monoisotopic (exact) mass is 225 g/mol. The van der Waals surface area contributed by atoms with Crippen molar-refractivity contribution in [3.05, 3.63) is 23.8 Å². The molecule has 2 unspecified atom stereocenters. The van der Waals surface area contributed by atoms with E-state index >= 15 is 0 Å². The molecule has 4 N–H and O–H groups in total. The van der Waals surface area contributed by atoms with Gasteiger partial charge in [-0.1, -0.05) is 0 Å². The van der Waals surface area contributed by atoms with E-state index in [-0.39, 0.29) is 6.61 Å². The van der Waals surface area contributed by atoms with Gasteiger partial charge in [0.05, 0.1) is 6.10 Å². The molecule has 0 aliphatic carbocycles. The van der Waals surface area contributed by atoms with Gasteiger partial charge in [0.15, 0.2) is 0 Å². The number of nitrogen functional groups attached to an aromatic ring is 1. The van der Waals surface area contributed by atoms with Crippen molar-refractivity contribution in [2.45, 2.75) is 32.5 Å². The van der Waals surface area contributed by atoms with E-state index in [2.05, 4.69) is 0 Å². The molecule has 0 aromatic heterocycles. The van der Waals surface area contributed by atoms with E-state index in [1.807, 2.05) is 6.92 Å². The van der Waals surface area contributed by atoms with E-state index in [0.29, 0.717) is 11.4 Å². The average molecular weight is 225 g/mol. The molecule has 0 spiro atoms. The van der Waals surface area contributed by atoms with Crippen LogP contribution in [-0.4, -0.2) is 28.5 Å². The maximum absolute atomic E-state index is 9.78. The fourth-order valence-electron chi connectivity index (χ4n) is 1.09. The molecule has 0 heterocycles. The van der Waals surface area contributed by atoms with Gasteiger partial charge >= 0.3 is 0 Å². The second-order valence-corrected chi connectivity index (χ2v) is 4.34. The average Bonchev–Trinajstić information content (AvgIpc) is 2.20. The van der Waals surface area contributed by atoms with E-state index in [0.717, 1.165) is 5.56 Å². The lowest BCUT2D eigenvalue weighted by Crippen LogP contribution is -2.42. The smallest absolute Gasteiger partial charge is 0.121 e. The predicted octanol–water partition coefficient (Wildman–Crippen LogP) is 1.09. The normalized spacial score (nSPS) is 16.6. The van der Waals surface area contributed by atoms with Gasteiger partial charge in [0, 0.05) is 5.69 Å². The fourth-order valence-corrected chi connectivity index (χ4v) is 1.09. The van der Waals surface area contributed by atoms with Crippen LogP contribution in [0, 0.1) is 6.92 Å². The number of hydrogen-bond donors (Lipinski definition) is 3. The molecule has 0 bridgehead atoms. The number of ether oxygens (including phenoxy) is 1. The summed E-state index contributed by atoms with van der Waals surface area (Å²) in [6, 6.07) is 5.29. The molecule has 0 aliphatic heterocycles. The van der Waals surface area contributed by atoms with Gasteiger partial charge in [-0.15, -0.1) is 0 Å². The summed E-state index contributed by atoms with van der Waals surface area (Å²) >= 11 is 0. The lowest BCUT2D eigenvalue weighted by Gasteiger charge is -2.26. The number of hydrogen-bond acceptors (Lipinski definition) is 4. The molecule has 0 radical (unpaired) electrons. The minimum absolute atomic E-state index is 0.0357. The first-order valence-corrected chi connectivity index (χ1v) is 5.22. The largest absolute Gasteiger partial charge is 0.490 e. The van der Waals surface area contributed by atoms with Crippen LogP contribution < -0.4 is 10.5 Å². The highest BCUT2D eigenvalue weighted by Crippen LogP contribution is 2.20. The zero-order chi connectivity index (χ0) is 12.3. The Morgan fingerprint density at radius 3 is 2.62 bits per heavy atom. The van der Waals surface area contributed by atoms with Crippen molar-refractivity contribution < 1.29 is 14.9 Å². The summed E-state index contributed by atoms with van der Waals surface area (Å²) in [7, 11) is 0. The van der Waals surface area contributed by atoms with Crippen molar-refractivity contribution in [1.82, 2.24) is 0 Å². The Balaban J connectivity index is 2.65. The first kappa shape index (κ1) is 12.8. The molecule has 16 heavy (non-hydrogen) atoms. The van der Waals surface area contributed by atoms with Crippen molar-refractivity contribution in [2.24, 2.45) is 0 Å². The summed E-state index contributed by atoms with van der Waals surface area (Å²) in [4.78, 5) is 0. The lowest BCUT2D eigenvalue weighted by molar-refractivity contribution is -0.0778. The number of anilines is 1. The van der Waals surface area contributed by atoms with Crippen LogP contribution in [0.1, 0.15) is 19.4 Å². The lowest BCUT2D eigenvalue weighted by atomic mass is 10.0. The van der Waals surface area contributed by atoms with Crippen LogP contribution in [-0.2, 0) is 0 Å². The van der Waals surface area contributed by atoms with Gasteiger partial charge in [0.25, 0.3) is 0 Å². The van der Waals surface area contributed by atoms with Gasteiger partial charge in [-0.05, 0) is 44.5 Å². The van der Waals surface area contributed by atoms with Gasteiger partial charge < -0.3 is 20.7 Å². The van der Waals surface area contributed by atoms with Gasteiger partial charge in [0.2, 0.25) is 0 Å². The van der Waals surface area contributed by atoms with Crippen molar-refractivity contribution in [3.8, 4) is 5.75 Å².